The molecule has 41 heavy (non-hydrogen) atoms. The Kier molecular flexibility index (Phi) is 9.32. The zero-order valence-corrected chi connectivity index (χ0v) is 23.4. The molecule has 1 fully saturated rings. The van der Waals surface area contributed by atoms with E-state index >= 15 is 0 Å². The molecule has 0 spiro atoms. The van der Waals surface area contributed by atoms with Gasteiger partial charge in [0.2, 0.25) is 5.91 Å². The number of H-pyrrole nitrogens is 1. The predicted molar refractivity (Wildman–Crippen MR) is 149 cm³/mol. The number of aromatic amines is 1. The minimum atomic E-state index is -4.69. The van der Waals surface area contributed by atoms with Crippen molar-refractivity contribution in [2.75, 3.05) is 13.7 Å². The molecule has 12 heteroatoms. The quantitative estimate of drug-likeness (QED) is 0.277. The standard InChI is InChI=1S/C29H26Cl2F3N3O4/c1-41-14-15-2-4-16(5-3-15)27(39)36-13-17-8-19(30)10-22(26(17)38)25-11-20(23(12-35)28(40)37-25)21-9-18(29(32,33)34)6-7-24(21)31/h6-11,15-16,38H,2-5,13-14H2,1H3,(H,36,39)(H,37,40). The number of carbonyl (C=O) groups is 1. The van der Waals surface area contributed by atoms with Crippen LogP contribution < -0.4 is 10.9 Å². The zero-order chi connectivity index (χ0) is 29.9. The van der Waals surface area contributed by atoms with Crippen molar-refractivity contribution in [1.82, 2.24) is 10.3 Å². The Hall–Kier alpha value is -3.52. The highest BCUT2D eigenvalue weighted by atomic mass is 35.5. The first-order valence-electron chi connectivity index (χ1n) is 12.8. The number of amides is 1. The number of nitrogens with zero attached hydrogens (tertiary/aromatic N) is 1. The van der Waals surface area contributed by atoms with Crippen molar-refractivity contribution < 1.29 is 27.8 Å². The average molecular weight is 608 g/mol. The van der Waals surface area contributed by atoms with E-state index in [0.717, 1.165) is 43.9 Å². The van der Waals surface area contributed by atoms with E-state index in [-0.39, 0.29) is 62.1 Å². The molecular weight excluding hydrogens is 582 g/mol. The van der Waals surface area contributed by atoms with Gasteiger partial charge in [-0.25, -0.2) is 0 Å². The second kappa shape index (κ2) is 12.6. The maximum atomic E-state index is 13.4. The minimum absolute atomic E-state index is 0.0125. The number of benzene rings is 2. The monoisotopic (exact) mass is 607 g/mol. The smallest absolute Gasteiger partial charge is 0.416 e. The van der Waals surface area contributed by atoms with Crippen LogP contribution in [0.5, 0.6) is 5.75 Å². The third-order valence-electron chi connectivity index (χ3n) is 7.25. The number of alkyl halides is 3. The van der Waals surface area contributed by atoms with E-state index in [1.807, 2.05) is 0 Å². The van der Waals surface area contributed by atoms with Crippen LogP contribution in [0.25, 0.3) is 22.4 Å². The average Bonchev–Trinajstić information content (AvgIpc) is 2.93. The van der Waals surface area contributed by atoms with Gasteiger partial charge in [-0.3, -0.25) is 9.59 Å². The summed E-state index contributed by atoms with van der Waals surface area (Å²) in [4.78, 5) is 28.1. The van der Waals surface area contributed by atoms with E-state index in [2.05, 4.69) is 10.3 Å². The fourth-order valence-corrected chi connectivity index (χ4v) is 5.55. The molecule has 1 saturated carbocycles. The summed E-state index contributed by atoms with van der Waals surface area (Å²) in [6.07, 6.45) is -1.49. The van der Waals surface area contributed by atoms with Crippen molar-refractivity contribution in [3.05, 3.63) is 73.5 Å². The molecule has 1 heterocycles. The maximum absolute atomic E-state index is 13.4. The third kappa shape index (κ3) is 6.87. The lowest BCUT2D eigenvalue weighted by Crippen LogP contribution is -2.33. The number of nitrogens with one attached hydrogen (secondary N) is 2. The van der Waals surface area contributed by atoms with Crippen molar-refractivity contribution in [2.24, 2.45) is 11.8 Å². The maximum Gasteiger partial charge on any atom is 0.416 e. The van der Waals surface area contributed by atoms with Gasteiger partial charge in [-0.15, -0.1) is 0 Å². The summed E-state index contributed by atoms with van der Waals surface area (Å²) in [7, 11) is 1.65. The molecule has 1 amide bonds. The number of nitriles is 1. The molecule has 0 unspecified atom stereocenters. The van der Waals surface area contributed by atoms with Crippen LogP contribution in [0.15, 0.2) is 41.2 Å². The Morgan fingerprint density at radius 2 is 1.83 bits per heavy atom. The number of ether oxygens (including phenoxy) is 1. The Morgan fingerprint density at radius 1 is 1.12 bits per heavy atom. The van der Waals surface area contributed by atoms with Gasteiger partial charge < -0.3 is 20.1 Å². The molecule has 1 aliphatic carbocycles. The number of aromatic hydroxyl groups is 1. The Labute approximate surface area is 243 Å². The molecule has 0 saturated heterocycles. The molecule has 4 rings (SSSR count). The van der Waals surface area contributed by atoms with Crippen LogP contribution in [-0.4, -0.2) is 29.7 Å². The first-order chi connectivity index (χ1) is 19.4. The van der Waals surface area contributed by atoms with Crippen molar-refractivity contribution in [3.63, 3.8) is 0 Å². The number of phenols is 1. The lowest BCUT2D eigenvalue weighted by atomic mass is 9.82. The van der Waals surface area contributed by atoms with Gasteiger partial charge in [-0.05, 0) is 68.0 Å². The molecule has 0 bridgehead atoms. The van der Waals surface area contributed by atoms with Crippen LogP contribution in [0.4, 0.5) is 13.2 Å². The number of halogens is 5. The SMILES string of the molecule is COCC1CCC(C(=O)NCc2cc(Cl)cc(-c3cc(-c4cc(C(F)(F)F)ccc4Cl)c(C#N)c(=O)[nH]3)c2O)CC1. The second-order valence-corrected chi connectivity index (χ2v) is 10.8. The highest BCUT2D eigenvalue weighted by Crippen LogP contribution is 2.40. The fourth-order valence-electron chi connectivity index (χ4n) is 5.09. The Bertz CT molecular complexity index is 1560. The summed E-state index contributed by atoms with van der Waals surface area (Å²) in [5.41, 5.74) is -2.40. The van der Waals surface area contributed by atoms with Gasteiger partial charge in [0.25, 0.3) is 5.56 Å². The van der Waals surface area contributed by atoms with Gasteiger partial charge in [-0.1, -0.05) is 23.2 Å². The van der Waals surface area contributed by atoms with Gasteiger partial charge in [0.05, 0.1) is 11.3 Å². The summed E-state index contributed by atoms with van der Waals surface area (Å²) in [5.74, 6) is -0.206. The molecule has 3 aromatic rings. The van der Waals surface area contributed by atoms with Crippen molar-refractivity contribution in [2.45, 2.75) is 38.4 Å². The molecule has 0 radical (unpaired) electrons. The van der Waals surface area contributed by atoms with E-state index in [0.29, 0.717) is 12.5 Å². The topological polar surface area (TPSA) is 115 Å². The first kappa shape index (κ1) is 30.4. The normalized spacial score (nSPS) is 17.2. The lowest BCUT2D eigenvalue weighted by molar-refractivity contribution is -0.137. The summed E-state index contributed by atoms with van der Waals surface area (Å²) in [6, 6.07) is 8.36. The number of hydrogen-bond acceptors (Lipinski definition) is 5. The van der Waals surface area contributed by atoms with Crippen molar-refractivity contribution in [1.29, 1.82) is 5.26 Å². The zero-order valence-electron chi connectivity index (χ0n) is 21.9. The molecule has 7 nitrogen and oxygen atoms in total. The van der Waals surface area contributed by atoms with Crippen LogP contribution in [0.3, 0.4) is 0 Å². The number of phenolic OH excluding ortho intramolecular Hbond substituents is 1. The minimum Gasteiger partial charge on any atom is -0.507 e. The van der Waals surface area contributed by atoms with Crippen molar-refractivity contribution in [3.8, 4) is 34.2 Å². The van der Waals surface area contributed by atoms with Gasteiger partial charge in [0.1, 0.15) is 17.4 Å². The molecule has 1 aromatic heterocycles. The predicted octanol–water partition coefficient (Wildman–Crippen LogP) is 6.68. The third-order valence-corrected chi connectivity index (χ3v) is 7.79. The molecular formula is C29H26Cl2F3N3O4. The van der Waals surface area contributed by atoms with Gasteiger partial charge in [0.15, 0.2) is 0 Å². The fraction of sp³-hybridized carbons (Fsp3) is 0.345. The van der Waals surface area contributed by atoms with Gasteiger partial charge in [-0.2, -0.15) is 18.4 Å². The van der Waals surface area contributed by atoms with E-state index in [1.54, 1.807) is 13.2 Å². The van der Waals surface area contributed by atoms with Gasteiger partial charge >= 0.3 is 6.18 Å². The molecule has 1 aliphatic rings. The highest BCUT2D eigenvalue weighted by Gasteiger charge is 2.32. The van der Waals surface area contributed by atoms with Crippen molar-refractivity contribution >= 4 is 29.1 Å². The number of rotatable bonds is 7. The molecule has 3 N–H and O–H groups in total. The number of pyridine rings is 1. The van der Waals surface area contributed by atoms with Crippen LogP contribution in [0, 0.1) is 23.2 Å². The van der Waals surface area contributed by atoms with Crippen LogP contribution in [-0.2, 0) is 22.3 Å². The Balaban J connectivity index is 1.67. The largest absolute Gasteiger partial charge is 0.507 e. The lowest BCUT2D eigenvalue weighted by Gasteiger charge is -2.27. The number of aromatic nitrogens is 1. The number of carbonyl (C=O) groups excluding carboxylic acids is 1. The van der Waals surface area contributed by atoms with E-state index < -0.39 is 22.9 Å². The van der Waals surface area contributed by atoms with Crippen LogP contribution in [0.2, 0.25) is 10.0 Å². The molecule has 2 aromatic carbocycles. The van der Waals surface area contributed by atoms with Crippen LogP contribution >= 0.6 is 23.2 Å². The first-order valence-corrected chi connectivity index (χ1v) is 13.5. The summed E-state index contributed by atoms with van der Waals surface area (Å²) >= 11 is 12.5. The van der Waals surface area contributed by atoms with E-state index in [4.69, 9.17) is 27.9 Å². The molecule has 216 valence electrons. The Morgan fingerprint density at radius 3 is 2.46 bits per heavy atom. The molecule has 0 atom stereocenters. The van der Waals surface area contributed by atoms with E-state index in [9.17, 15) is 33.1 Å². The van der Waals surface area contributed by atoms with E-state index in [1.165, 1.54) is 18.2 Å². The summed E-state index contributed by atoms with van der Waals surface area (Å²) < 4.78 is 45.4. The van der Waals surface area contributed by atoms with Crippen LogP contribution in [0.1, 0.15) is 42.4 Å². The van der Waals surface area contributed by atoms with Gasteiger partial charge in [0, 0.05) is 58.5 Å². The number of methoxy groups -OCH3 is 1. The molecule has 0 aliphatic heterocycles. The highest BCUT2D eigenvalue weighted by molar-refractivity contribution is 6.33. The number of hydrogen-bond donors (Lipinski definition) is 3. The summed E-state index contributed by atoms with van der Waals surface area (Å²) in [6.45, 7) is 0.607. The summed E-state index contributed by atoms with van der Waals surface area (Å²) in [5, 5.41) is 23.6. The second-order valence-electron chi connectivity index (χ2n) is 9.96.